The quantitative estimate of drug-likeness (QED) is 0.411. The predicted molar refractivity (Wildman–Crippen MR) is 76.9 cm³/mol. The zero-order valence-electron chi connectivity index (χ0n) is 11.3. The van der Waals surface area contributed by atoms with Gasteiger partial charge in [-0.05, 0) is 24.6 Å². The Labute approximate surface area is 122 Å². The Bertz CT molecular complexity index is 939. The highest BCUT2D eigenvalue weighted by atomic mass is 16.6. The van der Waals surface area contributed by atoms with Gasteiger partial charge < -0.3 is 4.52 Å². The van der Waals surface area contributed by atoms with Crippen LogP contribution in [0.5, 0.6) is 0 Å². The molecule has 0 radical (unpaired) electrons. The van der Waals surface area contributed by atoms with Crippen molar-refractivity contribution in [1.29, 1.82) is 0 Å². The molecule has 3 aromatic rings. The summed E-state index contributed by atoms with van der Waals surface area (Å²) in [5, 5.41) is 18.5. The first-order valence-corrected chi connectivity index (χ1v) is 6.19. The van der Waals surface area contributed by atoms with Crippen molar-refractivity contribution in [3.63, 3.8) is 0 Å². The molecule has 0 N–H and O–H groups in total. The van der Waals surface area contributed by atoms with Gasteiger partial charge in [-0.1, -0.05) is 5.16 Å². The fourth-order valence-electron chi connectivity index (χ4n) is 1.86. The van der Waals surface area contributed by atoms with Crippen LogP contribution in [0.25, 0.3) is 11.1 Å². The SMILES string of the molecule is Cc1noc2ncn(/N=C/c3ccc([N+](=O)[O-])cc3)c(=O)c12. The molecule has 0 amide bonds. The van der Waals surface area contributed by atoms with Gasteiger partial charge in [0.25, 0.3) is 17.0 Å². The third-order valence-corrected chi connectivity index (χ3v) is 2.99. The van der Waals surface area contributed by atoms with Gasteiger partial charge in [-0.25, -0.2) is 0 Å². The molecule has 0 saturated heterocycles. The van der Waals surface area contributed by atoms with E-state index in [1.165, 1.54) is 36.8 Å². The molecule has 1 aromatic carbocycles. The number of nitro groups is 1. The minimum absolute atomic E-state index is 0.0162. The molecular weight excluding hydrogens is 290 g/mol. The Kier molecular flexibility index (Phi) is 3.22. The molecule has 9 heteroatoms. The van der Waals surface area contributed by atoms with E-state index in [0.29, 0.717) is 11.3 Å². The molecule has 0 fully saturated rings. The van der Waals surface area contributed by atoms with Crippen molar-refractivity contribution in [1.82, 2.24) is 14.8 Å². The van der Waals surface area contributed by atoms with Crippen molar-refractivity contribution in [2.45, 2.75) is 6.92 Å². The lowest BCUT2D eigenvalue weighted by Crippen LogP contribution is -2.17. The molecule has 9 nitrogen and oxygen atoms in total. The molecule has 0 bridgehead atoms. The molecule has 2 heterocycles. The molecule has 3 rings (SSSR count). The van der Waals surface area contributed by atoms with Crippen molar-refractivity contribution >= 4 is 23.0 Å². The van der Waals surface area contributed by atoms with Gasteiger partial charge in [0, 0.05) is 12.1 Å². The summed E-state index contributed by atoms with van der Waals surface area (Å²) in [6.07, 6.45) is 2.62. The third kappa shape index (κ3) is 2.35. The van der Waals surface area contributed by atoms with E-state index in [9.17, 15) is 14.9 Å². The second kappa shape index (κ2) is 5.20. The fourth-order valence-corrected chi connectivity index (χ4v) is 1.86. The maximum Gasteiger partial charge on any atom is 0.287 e. The molecule has 2 aromatic heterocycles. The van der Waals surface area contributed by atoms with Gasteiger partial charge in [-0.15, -0.1) is 0 Å². The molecular formula is C13H9N5O4. The van der Waals surface area contributed by atoms with Crippen LogP contribution in [0.2, 0.25) is 0 Å². The molecule has 0 aliphatic heterocycles. The van der Waals surface area contributed by atoms with Gasteiger partial charge in [-0.3, -0.25) is 14.9 Å². The van der Waals surface area contributed by atoms with E-state index in [-0.39, 0.29) is 16.8 Å². The first-order valence-electron chi connectivity index (χ1n) is 6.19. The van der Waals surface area contributed by atoms with Crippen LogP contribution in [0.1, 0.15) is 11.3 Å². The average Bonchev–Trinajstić information content (AvgIpc) is 2.89. The maximum atomic E-state index is 12.2. The summed E-state index contributed by atoms with van der Waals surface area (Å²) < 4.78 is 5.94. The number of aryl methyl sites for hydroxylation is 1. The number of aromatic nitrogens is 3. The van der Waals surface area contributed by atoms with Crippen LogP contribution in [0.3, 0.4) is 0 Å². The molecule has 0 saturated carbocycles. The van der Waals surface area contributed by atoms with Gasteiger partial charge in [0.15, 0.2) is 0 Å². The van der Waals surface area contributed by atoms with Gasteiger partial charge in [-0.2, -0.15) is 14.8 Å². The summed E-state index contributed by atoms with van der Waals surface area (Å²) in [6, 6.07) is 5.78. The molecule has 22 heavy (non-hydrogen) atoms. The largest absolute Gasteiger partial charge is 0.335 e. The van der Waals surface area contributed by atoms with Crippen molar-refractivity contribution in [2.24, 2.45) is 5.10 Å². The normalized spacial score (nSPS) is 11.3. The summed E-state index contributed by atoms with van der Waals surface area (Å²) in [5.74, 6) is 0. The second-order valence-corrected chi connectivity index (χ2v) is 4.44. The van der Waals surface area contributed by atoms with Crippen molar-refractivity contribution in [2.75, 3.05) is 0 Å². The number of hydrogen-bond donors (Lipinski definition) is 0. The van der Waals surface area contributed by atoms with Crippen LogP contribution in [0.4, 0.5) is 5.69 Å². The van der Waals surface area contributed by atoms with Crippen LogP contribution in [-0.4, -0.2) is 26.0 Å². The van der Waals surface area contributed by atoms with Crippen molar-refractivity contribution in [3.05, 3.63) is 62.3 Å². The number of nitro benzene ring substituents is 1. The lowest BCUT2D eigenvalue weighted by Gasteiger charge is -1.97. The maximum absolute atomic E-state index is 12.2. The summed E-state index contributed by atoms with van der Waals surface area (Å²) in [6.45, 7) is 1.64. The highest BCUT2D eigenvalue weighted by molar-refractivity contribution is 5.80. The number of rotatable bonds is 3. The number of non-ortho nitro benzene ring substituents is 1. The summed E-state index contributed by atoms with van der Waals surface area (Å²) in [5.41, 5.74) is 0.788. The lowest BCUT2D eigenvalue weighted by atomic mass is 10.2. The van der Waals surface area contributed by atoms with E-state index < -0.39 is 10.5 Å². The molecule has 110 valence electrons. The summed E-state index contributed by atoms with van der Waals surface area (Å²) in [4.78, 5) is 26.2. The van der Waals surface area contributed by atoms with E-state index in [2.05, 4.69) is 15.2 Å². The molecule has 0 atom stereocenters. The predicted octanol–water partition coefficient (Wildman–Crippen LogP) is 1.48. The number of benzene rings is 1. The summed E-state index contributed by atoms with van der Waals surface area (Å²) in [7, 11) is 0. The van der Waals surface area contributed by atoms with Crippen LogP contribution >= 0.6 is 0 Å². The Morgan fingerprint density at radius 2 is 2.09 bits per heavy atom. The van der Waals surface area contributed by atoms with E-state index >= 15 is 0 Å². The highest BCUT2D eigenvalue weighted by Gasteiger charge is 2.11. The minimum Gasteiger partial charge on any atom is -0.335 e. The van der Waals surface area contributed by atoms with Crippen LogP contribution in [0, 0.1) is 17.0 Å². The van der Waals surface area contributed by atoms with Crippen LogP contribution < -0.4 is 5.56 Å². The number of hydrogen-bond acceptors (Lipinski definition) is 7. The lowest BCUT2D eigenvalue weighted by molar-refractivity contribution is -0.384. The van der Waals surface area contributed by atoms with Gasteiger partial charge in [0.1, 0.15) is 11.7 Å². The van der Waals surface area contributed by atoms with E-state index in [1.54, 1.807) is 6.92 Å². The first kappa shape index (κ1) is 13.6. The molecule has 0 unspecified atom stereocenters. The third-order valence-electron chi connectivity index (χ3n) is 2.99. The Morgan fingerprint density at radius 1 is 1.36 bits per heavy atom. The Balaban J connectivity index is 1.95. The van der Waals surface area contributed by atoms with Crippen molar-refractivity contribution < 1.29 is 9.45 Å². The second-order valence-electron chi connectivity index (χ2n) is 4.44. The van der Waals surface area contributed by atoms with Crippen LogP contribution in [0.15, 0.2) is 45.0 Å². The van der Waals surface area contributed by atoms with E-state index in [4.69, 9.17) is 4.52 Å². The molecule has 0 aliphatic carbocycles. The van der Waals surface area contributed by atoms with Gasteiger partial charge in [0.2, 0.25) is 0 Å². The zero-order chi connectivity index (χ0) is 15.7. The number of fused-ring (bicyclic) bond motifs is 1. The summed E-state index contributed by atoms with van der Waals surface area (Å²) >= 11 is 0. The van der Waals surface area contributed by atoms with E-state index in [0.717, 1.165) is 4.68 Å². The van der Waals surface area contributed by atoms with Gasteiger partial charge >= 0.3 is 0 Å². The monoisotopic (exact) mass is 299 g/mol. The zero-order valence-corrected chi connectivity index (χ0v) is 11.3. The Hall–Kier alpha value is -3.36. The highest BCUT2D eigenvalue weighted by Crippen LogP contribution is 2.11. The first-order chi connectivity index (χ1) is 10.6. The average molecular weight is 299 g/mol. The minimum atomic E-state index is -0.488. The van der Waals surface area contributed by atoms with Crippen LogP contribution in [-0.2, 0) is 0 Å². The standard InChI is InChI=1S/C13H9N5O4/c1-8-11-12(22-16-8)14-7-17(13(11)19)15-6-9-2-4-10(5-3-9)18(20)21/h2-7H,1H3/b15-6+. The van der Waals surface area contributed by atoms with Gasteiger partial charge in [0.05, 0.1) is 16.8 Å². The number of nitrogens with zero attached hydrogens (tertiary/aromatic N) is 5. The topological polar surface area (TPSA) is 116 Å². The fraction of sp³-hybridized carbons (Fsp3) is 0.0769. The molecule has 0 aliphatic rings. The molecule has 0 spiro atoms. The smallest absolute Gasteiger partial charge is 0.287 e. The Morgan fingerprint density at radius 3 is 2.77 bits per heavy atom. The van der Waals surface area contributed by atoms with E-state index in [1.807, 2.05) is 0 Å². The van der Waals surface area contributed by atoms with Crippen molar-refractivity contribution in [3.8, 4) is 0 Å².